The molecule has 0 saturated heterocycles. The molecule has 1 aliphatic rings. The number of carboxylic acid groups (broad SMARTS) is 1. The summed E-state index contributed by atoms with van der Waals surface area (Å²) in [5, 5.41) is 21.7. The van der Waals surface area contributed by atoms with Gasteiger partial charge in [-0.3, -0.25) is 5.10 Å². The number of sulfone groups is 1. The van der Waals surface area contributed by atoms with E-state index in [-0.39, 0.29) is 22.7 Å². The van der Waals surface area contributed by atoms with Crippen molar-refractivity contribution < 1.29 is 23.1 Å². The van der Waals surface area contributed by atoms with E-state index in [0.29, 0.717) is 22.6 Å². The van der Waals surface area contributed by atoms with E-state index in [1.807, 2.05) is 0 Å². The van der Waals surface area contributed by atoms with Gasteiger partial charge in [-0.05, 0) is 25.0 Å². The number of nitrogens with one attached hydrogen (secondary N) is 3. The minimum atomic E-state index is -3.56. The lowest BCUT2D eigenvalue weighted by atomic mass is 10.3. The molecule has 0 bridgehead atoms. The lowest BCUT2D eigenvalue weighted by molar-refractivity contribution is -0.139. The van der Waals surface area contributed by atoms with Crippen LogP contribution in [0.5, 0.6) is 5.75 Å². The van der Waals surface area contributed by atoms with Gasteiger partial charge in [0.25, 0.3) is 0 Å². The molecule has 4 rings (SSSR count). The molecule has 0 atom stereocenters. The summed E-state index contributed by atoms with van der Waals surface area (Å²) < 4.78 is 29.3. The first-order chi connectivity index (χ1) is 13.8. The zero-order valence-electron chi connectivity index (χ0n) is 15.3. The van der Waals surface area contributed by atoms with Crippen LogP contribution in [0.25, 0.3) is 11.0 Å². The molecule has 0 unspecified atom stereocenters. The van der Waals surface area contributed by atoms with E-state index in [2.05, 4.69) is 30.8 Å². The SMILES string of the molecule is CS(=O)(=O)c1n[nH]c2nc(Nc3cccc(OCC(=O)O)c3)nc(NC3CC3)c12. The van der Waals surface area contributed by atoms with Crippen LogP contribution in [0.3, 0.4) is 0 Å². The molecule has 0 amide bonds. The Balaban J connectivity index is 1.68. The van der Waals surface area contributed by atoms with Crippen LogP contribution in [0.15, 0.2) is 29.3 Å². The summed E-state index contributed by atoms with van der Waals surface area (Å²) in [6.07, 6.45) is 3.03. The first-order valence-corrected chi connectivity index (χ1v) is 10.6. The molecule has 3 aromatic rings. The summed E-state index contributed by atoms with van der Waals surface area (Å²) in [4.78, 5) is 19.4. The molecule has 4 N–H and O–H groups in total. The van der Waals surface area contributed by atoms with Crippen molar-refractivity contribution in [2.45, 2.75) is 23.9 Å². The fraction of sp³-hybridized carbons (Fsp3) is 0.294. The predicted octanol–water partition coefficient (Wildman–Crippen LogP) is 1.54. The zero-order chi connectivity index (χ0) is 20.6. The summed E-state index contributed by atoms with van der Waals surface area (Å²) in [6, 6.07) is 6.91. The van der Waals surface area contributed by atoms with E-state index in [1.165, 1.54) is 0 Å². The number of H-pyrrole nitrogens is 1. The second kappa shape index (κ2) is 7.20. The Labute approximate surface area is 165 Å². The molecular formula is C17H18N6O5S. The van der Waals surface area contributed by atoms with Gasteiger partial charge in [0.1, 0.15) is 17.0 Å². The number of carboxylic acids is 1. The maximum Gasteiger partial charge on any atom is 0.341 e. The van der Waals surface area contributed by atoms with Gasteiger partial charge in [0, 0.05) is 24.1 Å². The third-order valence-electron chi connectivity index (χ3n) is 4.11. The molecular weight excluding hydrogens is 400 g/mol. The smallest absolute Gasteiger partial charge is 0.341 e. The summed E-state index contributed by atoms with van der Waals surface area (Å²) in [6.45, 7) is -0.455. The third kappa shape index (κ3) is 4.37. The fourth-order valence-corrected chi connectivity index (χ4v) is 3.47. The number of anilines is 3. The normalized spacial score (nSPS) is 14.0. The molecule has 2 heterocycles. The van der Waals surface area contributed by atoms with Crippen molar-refractivity contribution in [1.29, 1.82) is 0 Å². The number of carbonyl (C=O) groups is 1. The van der Waals surface area contributed by atoms with Crippen LogP contribution >= 0.6 is 0 Å². The van der Waals surface area contributed by atoms with Crippen LogP contribution in [0.2, 0.25) is 0 Å². The van der Waals surface area contributed by atoms with E-state index < -0.39 is 22.4 Å². The van der Waals surface area contributed by atoms with E-state index in [9.17, 15) is 13.2 Å². The number of hydrogen-bond donors (Lipinski definition) is 4. The highest BCUT2D eigenvalue weighted by Gasteiger charge is 2.27. The highest BCUT2D eigenvalue weighted by atomic mass is 32.2. The van der Waals surface area contributed by atoms with Gasteiger partial charge in [0.2, 0.25) is 5.95 Å². The number of hydrogen-bond acceptors (Lipinski definition) is 9. The lowest BCUT2D eigenvalue weighted by Gasteiger charge is -2.11. The minimum Gasteiger partial charge on any atom is -0.482 e. The van der Waals surface area contributed by atoms with Crippen molar-refractivity contribution in [2.75, 3.05) is 23.5 Å². The van der Waals surface area contributed by atoms with Crippen LogP contribution in [0.1, 0.15) is 12.8 Å². The van der Waals surface area contributed by atoms with Gasteiger partial charge < -0.3 is 20.5 Å². The maximum atomic E-state index is 12.0. The number of nitrogens with zero attached hydrogens (tertiary/aromatic N) is 3. The Hall–Kier alpha value is -3.41. The van der Waals surface area contributed by atoms with Crippen molar-refractivity contribution in [3.63, 3.8) is 0 Å². The summed E-state index contributed by atoms with van der Waals surface area (Å²) in [5.41, 5.74) is 0.858. The van der Waals surface area contributed by atoms with Gasteiger partial charge in [-0.1, -0.05) is 6.07 Å². The number of rotatable bonds is 8. The van der Waals surface area contributed by atoms with Gasteiger partial charge in [0.05, 0.1) is 0 Å². The fourth-order valence-electron chi connectivity index (χ4n) is 2.69. The third-order valence-corrected chi connectivity index (χ3v) is 5.11. The van der Waals surface area contributed by atoms with Crippen LogP contribution in [-0.4, -0.2) is 58.6 Å². The Bertz CT molecular complexity index is 1190. The highest BCUT2D eigenvalue weighted by Crippen LogP contribution is 2.32. The maximum absolute atomic E-state index is 12.0. The second-order valence-corrected chi connectivity index (χ2v) is 8.61. The van der Waals surface area contributed by atoms with Crippen molar-refractivity contribution in [3.05, 3.63) is 24.3 Å². The number of benzene rings is 1. The van der Waals surface area contributed by atoms with Crippen molar-refractivity contribution in [2.24, 2.45) is 0 Å². The van der Waals surface area contributed by atoms with Gasteiger partial charge in [-0.15, -0.1) is 0 Å². The molecule has 1 aromatic carbocycles. The van der Waals surface area contributed by atoms with Crippen LogP contribution in [0.4, 0.5) is 17.5 Å². The van der Waals surface area contributed by atoms with Crippen LogP contribution in [0, 0.1) is 0 Å². The van der Waals surface area contributed by atoms with Crippen molar-refractivity contribution >= 4 is 44.3 Å². The molecule has 152 valence electrons. The largest absolute Gasteiger partial charge is 0.482 e. The topological polar surface area (TPSA) is 159 Å². The van der Waals surface area contributed by atoms with Gasteiger partial charge >= 0.3 is 5.97 Å². The standard InChI is InChI=1S/C17H18N6O5S/c1-29(26,27)16-13-14(18-9-5-6-9)20-17(21-15(13)22-23-16)19-10-3-2-4-11(7-10)28-8-12(24)25/h2-4,7,9H,5-6,8H2,1H3,(H,24,25)(H3,18,19,20,21,22,23). The number of fused-ring (bicyclic) bond motifs is 1. The molecule has 11 nitrogen and oxygen atoms in total. The van der Waals surface area contributed by atoms with Crippen LogP contribution < -0.4 is 15.4 Å². The predicted molar refractivity (Wildman–Crippen MR) is 104 cm³/mol. The lowest BCUT2D eigenvalue weighted by Crippen LogP contribution is -2.10. The molecule has 1 aliphatic carbocycles. The van der Waals surface area contributed by atoms with E-state index in [4.69, 9.17) is 9.84 Å². The second-order valence-electron chi connectivity index (χ2n) is 6.67. The average Bonchev–Trinajstić information content (AvgIpc) is 3.34. The summed E-state index contributed by atoms with van der Waals surface area (Å²) >= 11 is 0. The Kier molecular flexibility index (Phi) is 4.70. The zero-order valence-corrected chi connectivity index (χ0v) is 16.2. The molecule has 0 radical (unpaired) electrons. The Morgan fingerprint density at radius 1 is 1.34 bits per heavy atom. The molecule has 29 heavy (non-hydrogen) atoms. The quantitative estimate of drug-likeness (QED) is 0.422. The van der Waals surface area contributed by atoms with E-state index >= 15 is 0 Å². The monoisotopic (exact) mass is 418 g/mol. The minimum absolute atomic E-state index is 0.105. The van der Waals surface area contributed by atoms with Gasteiger partial charge in [0.15, 0.2) is 27.1 Å². The molecule has 1 fully saturated rings. The first kappa shape index (κ1) is 18.9. The molecule has 1 saturated carbocycles. The molecule has 0 aliphatic heterocycles. The van der Waals surface area contributed by atoms with E-state index in [1.54, 1.807) is 24.3 Å². The van der Waals surface area contributed by atoms with Gasteiger partial charge in [-0.25, -0.2) is 13.2 Å². The molecule has 12 heteroatoms. The Morgan fingerprint density at radius 2 is 2.14 bits per heavy atom. The number of aromatic amines is 1. The highest BCUT2D eigenvalue weighted by molar-refractivity contribution is 7.90. The number of aromatic nitrogens is 4. The first-order valence-electron chi connectivity index (χ1n) is 8.74. The Morgan fingerprint density at radius 3 is 2.83 bits per heavy atom. The molecule has 0 spiro atoms. The number of ether oxygens (including phenoxy) is 1. The van der Waals surface area contributed by atoms with Crippen molar-refractivity contribution in [3.8, 4) is 5.75 Å². The van der Waals surface area contributed by atoms with Crippen LogP contribution in [-0.2, 0) is 14.6 Å². The van der Waals surface area contributed by atoms with E-state index in [0.717, 1.165) is 19.1 Å². The summed E-state index contributed by atoms with van der Waals surface area (Å²) in [7, 11) is -3.56. The number of aliphatic carboxylic acids is 1. The summed E-state index contributed by atoms with van der Waals surface area (Å²) in [5.74, 6) is -0.100. The van der Waals surface area contributed by atoms with Gasteiger partial charge in [-0.2, -0.15) is 15.1 Å². The van der Waals surface area contributed by atoms with Crippen molar-refractivity contribution in [1.82, 2.24) is 20.2 Å². The average molecular weight is 418 g/mol. The molecule has 2 aromatic heterocycles.